The van der Waals surface area contributed by atoms with Crippen molar-refractivity contribution in [2.75, 3.05) is 6.61 Å². The molecule has 25 heavy (non-hydrogen) atoms. The van der Waals surface area contributed by atoms with Crippen molar-refractivity contribution in [3.05, 3.63) is 28.8 Å². The van der Waals surface area contributed by atoms with Crippen molar-refractivity contribution in [1.82, 2.24) is 0 Å². The SMILES string of the molecule is CCCCCCOC(=O)C(CC)(CC)C(=O)Oc1ccc(Cl)c(C)c1. The van der Waals surface area contributed by atoms with E-state index in [-0.39, 0.29) is 0 Å². The van der Waals surface area contributed by atoms with Gasteiger partial charge in [0.15, 0.2) is 5.41 Å². The quantitative estimate of drug-likeness (QED) is 0.237. The van der Waals surface area contributed by atoms with Gasteiger partial charge in [0.05, 0.1) is 6.61 Å². The fraction of sp³-hybridized carbons (Fsp3) is 0.600. The number of carbonyl (C=O) groups is 2. The summed E-state index contributed by atoms with van der Waals surface area (Å²) in [6.45, 7) is 7.90. The summed E-state index contributed by atoms with van der Waals surface area (Å²) in [5, 5.41) is 0.600. The first-order valence-electron chi connectivity index (χ1n) is 9.06. The molecule has 1 rings (SSSR count). The van der Waals surface area contributed by atoms with E-state index in [1.807, 2.05) is 6.92 Å². The maximum atomic E-state index is 12.7. The van der Waals surface area contributed by atoms with Gasteiger partial charge in [0.25, 0.3) is 0 Å². The van der Waals surface area contributed by atoms with E-state index in [1.54, 1.807) is 32.0 Å². The Bertz CT molecular complexity index is 579. The van der Waals surface area contributed by atoms with Crippen molar-refractivity contribution in [3.8, 4) is 5.75 Å². The number of esters is 2. The van der Waals surface area contributed by atoms with E-state index >= 15 is 0 Å². The number of carbonyl (C=O) groups excluding carboxylic acids is 2. The molecule has 140 valence electrons. The van der Waals surface area contributed by atoms with Crippen molar-refractivity contribution < 1.29 is 19.1 Å². The molecule has 0 spiro atoms. The highest BCUT2D eigenvalue weighted by atomic mass is 35.5. The van der Waals surface area contributed by atoms with E-state index in [0.717, 1.165) is 31.2 Å². The van der Waals surface area contributed by atoms with E-state index in [2.05, 4.69) is 6.92 Å². The van der Waals surface area contributed by atoms with E-state index in [0.29, 0.717) is 30.2 Å². The topological polar surface area (TPSA) is 52.6 Å². The van der Waals surface area contributed by atoms with Crippen LogP contribution in [0.4, 0.5) is 0 Å². The van der Waals surface area contributed by atoms with Crippen LogP contribution in [0.1, 0.15) is 64.9 Å². The zero-order chi connectivity index (χ0) is 18.9. The second-order valence-electron chi connectivity index (χ2n) is 6.29. The number of hydrogen-bond donors (Lipinski definition) is 0. The van der Waals surface area contributed by atoms with Crippen LogP contribution in [0.2, 0.25) is 5.02 Å². The highest BCUT2D eigenvalue weighted by molar-refractivity contribution is 6.31. The van der Waals surface area contributed by atoms with Gasteiger partial charge in [0.2, 0.25) is 0 Å². The predicted octanol–water partition coefficient (Wildman–Crippen LogP) is 5.48. The number of ether oxygens (including phenoxy) is 2. The third-order valence-electron chi connectivity index (χ3n) is 4.56. The lowest BCUT2D eigenvalue weighted by molar-refractivity contribution is -0.168. The van der Waals surface area contributed by atoms with Gasteiger partial charge in [-0.05, 0) is 49.9 Å². The Morgan fingerprint density at radius 3 is 2.28 bits per heavy atom. The molecule has 1 aromatic rings. The molecule has 0 aliphatic heterocycles. The van der Waals surface area contributed by atoms with E-state index in [9.17, 15) is 9.59 Å². The Hall–Kier alpha value is -1.55. The van der Waals surface area contributed by atoms with Gasteiger partial charge < -0.3 is 9.47 Å². The summed E-state index contributed by atoms with van der Waals surface area (Å²) in [6.07, 6.45) is 4.74. The first-order valence-corrected chi connectivity index (χ1v) is 9.44. The minimum atomic E-state index is -1.27. The van der Waals surface area contributed by atoms with Gasteiger partial charge in [0.1, 0.15) is 5.75 Å². The van der Waals surface area contributed by atoms with Crippen LogP contribution in [0.5, 0.6) is 5.75 Å². The van der Waals surface area contributed by atoms with Crippen LogP contribution in [-0.2, 0) is 14.3 Å². The average molecular weight is 369 g/mol. The van der Waals surface area contributed by atoms with Crippen LogP contribution in [-0.4, -0.2) is 18.5 Å². The largest absolute Gasteiger partial charge is 0.465 e. The number of rotatable bonds is 10. The van der Waals surface area contributed by atoms with Gasteiger partial charge in [-0.25, -0.2) is 0 Å². The maximum Gasteiger partial charge on any atom is 0.328 e. The molecule has 0 N–H and O–H groups in total. The molecule has 0 fully saturated rings. The van der Waals surface area contributed by atoms with Crippen LogP contribution in [0.3, 0.4) is 0 Å². The first kappa shape index (κ1) is 21.5. The highest BCUT2D eigenvalue weighted by Crippen LogP contribution is 2.32. The van der Waals surface area contributed by atoms with Crippen LogP contribution in [0.15, 0.2) is 18.2 Å². The van der Waals surface area contributed by atoms with Crippen molar-refractivity contribution >= 4 is 23.5 Å². The first-order chi connectivity index (χ1) is 11.9. The summed E-state index contributed by atoms with van der Waals surface area (Å²) in [7, 11) is 0. The molecule has 4 nitrogen and oxygen atoms in total. The molecule has 0 bridgehead atoms. The average Bonchev–Trinajstić information content (AvgIpc) is 2.59. The van der Waals surface area contributed by atoms with Gasteiger partial charge >= 0.3 is 11.9 Å². The van der Waals surface area contributed by atoms with E-state index in [4.69, 9.17) is 21.1 Å². The molecule has 1 aromatic carbocycles. The molecule has 0 saturated carbocycles. The molecule has 0 heterocycles. The molecule has 0 radical (unpaired) electrons. The fourth-order valence-electron chi connectivity index (χ4n) is 2.63. The fourth-order valence-corrected chi connectivity index (χ4v) is 2.75. The second-order valence-corrected chi connectivity index (χ2v) is 6.69. The number of halogens is 1. The number of benzene rings is 1. The van der Waals surface area contributed by atoms with Crippen LogP contribution < -0.4 is 4.74 Å². The molecule has 0 unspecified atom stereocenters. The highest BCUT2D eigenvalue weighted by Gasteiger charge is 2.46. The lowest BCUT2D eigenvalue weighted by Crippen LogP contribution is -2.42. The van der Waals surface area contributed by atoms with Gasteiger partial charge in [-0.15, -0.1) is 0 Å². The molecule has 0 atom stereocenters. The number of unbranched alkanes of at least 4 members (excludes halogenated alkanes) is 3. The Kier molecular flexibility index (Phi) is 8.98. The zero-order valence-electron chi connectivity index (χ0n) is 15.7. The van der Waals surface area contributed by atoms with Crippen LogP contribution >= 0.6 is 11.6 Å². The molecule has 0 aliphatic rings. The zero-order valence-corrected chi connectivity index (χ0v) is 16.4. The third-order valence-corrected chi connectivity index (χ3v) is 4.98. The van der Waals surface area contributed by atoms with Gasteiger partial charge in [0, 0.05) is 5.02 Å². The Morgan fingerprint density at radius 2 is 1.72 bits per heavy atom. The minimum absolute atomic E-state index is 0.336. The summed E-state index contributed by atoms with van der Waals surface area (Å²) >= 11 is 5.99. The summed E-state index contributed by atoms with van der Waals surface area (Å²) in [5.41, 5.74) is -0.456. The molecular weight excluding hydrogens is 340 g/mol. The Balaban J connectivity index is 2.78. The number of aryl methyl sites for hydroxylation is 1. The van der Waals surface area contributed by atoms with Crippen LogP contribution in [0.25, 0.3) is 0 Å². The minimum Gasteiger partial charge on any atom is -0.465 e. The Labute approximate surface area is 155 Å². The molecule has 5 heteroatoms. The lowest BCUT2D eigenvalue weighted by Gasteiger charge is -2.26. The molecule has 0 aromatic heterocycles. The van der Waals surface area contributed by atoms with Gasteiger partial charge in [-0.2, -0.15) is 0 Å². The van der Waals surface area contributed by atoms with Crippen molar-refractivity contribution in [1.29, 1.82) is 0 Å². The maximum absolute atomic E-state index is 12.7. The van der Waals surface area contributed by atoms with Crippen molar-refractivity contribution in [2.24, 2.45) is 5.41 Å². The summed E-state index contributed by atoms with van der Waals surface area (Å²) in [4.78, 5) is 25.3. The monoisotopic (exact) mass is 368 g/mol. The summed E-state index contributed by atoms with van der Waals surface area (Å²) < 4.78 is 10.8. The lowest BCUT2D eigenvalue weighted by atomic mass is 9.82. The van der Waals surface area contributed by atoms with Crippen molar-refractivity contribution in [2.45, 2.75) is 66.2 Å². The van der Waals surface area contributed by atoms with E-state index in [1.165, 1.54) is 0 Å². The Morgan fingerprint density at radius 1 is 1.04 bits per heavy atom. The smallest absolute Gasteiger partial charge is 0.328 e. The number of hydrogen-bond acceptors (Lipinski definition) is 4. The normalized spacial score (nSPS) is 11.2. The summed E-state index contributed by atoms with van der Waals surface area (Å²) in [5.74, 6) is -0.684. The van der Waals surface area contributed by atoms with Gasteiger partial charge in [-0.1, -0.05) is 51.6 Å². The van der Waals surface area contributed by atoms with Gasteiger partial charge in [-0.3, -0.25) is 9.59 Å². The second kappa shape index (κ2) is 10.4. The van der Waals surface area contributed by atoms with Crippen LogP contribution in [0, 0.1) is 12.3 Å². The molecule has 0 amide bonds. The predicted molar refractivity (Wildman–Crippen MR) is 99.9 cm³/mol. The molecular formula is C20H29ClO4. The van der Waals surface area contributed by atoms with Crippen molar-refractivity contribution in [3.63, 3.8) is 0 Å². The molecule has 0 saturated heterocycles. The standard InChI is InChI=1S/C20H29ClO4/c1-5-8-9-10-13-24-18(22)20(6-2,7-3)19(23)25-16-11-12-17(21)15(4)14-16/h11-12,14H,5-10,13H2,1-4H3. The third kappa shape index (κ3) is 5.74. The van der Waals surface area contributed by atoms with E-state index < -0.39 is 17.4 Å². The molecule has 0 aliphatic carbocycles. The summed E-state index contributed by atoms with van der Waals surface area (Å²) in [6, 6.07) is 4.98.